The molecule has 554 valence electrons. The van der Waals surface area contributed by atoms with Crippen molar-refractivity contribution in [3.8, 4) is 0 Å². The van der Waals surface area contributed by atoms with Crippen molar-refractivity contribution in [2.24, 2.45) is 88.3 Å². The number of hydrogen-bond acceptors (Lipinski definition) is 10. The summed E-state index contributed by atoms with van der Waals surface area (Å²) in [5.74, 6) is 4.11. The Kier molecular flexibility index (Phi) is 25.1. The molecule has 0 radical (unpaired) electrons. The van der Waals surface area contributed by atoms with Crippen LogP contribution in [0.15, 0.2) is 4.42 Å². The molecule has 10 nitrogen and oxygen atoms in total. The fraction of sp³-hybridized carbons (Fsp3) is 0.939. The molecule has 0 spiro atoms. The summed E-state index contributed by atoms with van der Waals surface area (Å²) < 4.78 is 126. The summed E-state index contributed by atoms with van der Waals surface area (Å²) in [6, 6.07) is 0. The van der Waals surface area contributed by atoms with Crippen molar-refractivity contribution in [3.05, 3.63) is 11.8 Å². The molecule has 12 aliphatic carbocycles. The summed E-state index contributed by atoms with van der Waals surface area (Å²) >= 11 is 0. The average Bonchev–Trinajstić information content (AvgIpc) is 0.784. The first kappa shape index (κ1) is 73.9. The summed E-state index contributed by atoms with van der Waals surface area (Å²) in [6.45, 7) is 4.58. The van der Waals surface area contributed by atoms with Gasteiger partial charge in [0.05, 0.1) is 48.8 Å². The average molecular weight is 1380 g/mol. The topological polar surface area (TPSA) is 127 Å². The van der Waals surface area contributed by atoms with Gasteiger partial charge in [0.25, 0.3) is 0 Å². The van der Waals surface area contributed by atoms with Crippen LogP contribution in [0, 0.1) is 88.3 Å². The molecule has 0 aliphatic heterocycles. The van der Waals surface area contributed by atoms with E-state index < -0.39 is 35.7 Å². The van der Waals surface area contributed by atoms with E-state index >= 15 is 31.1 Å². The van der Waals surface area contributed by atoms with Crippen LogP contribution in [-0.4, -0.2) is 88.7 Å². The Balaban J connectivity index is 0.562. The lowest BCUT2D eigenvalue weighted by Gasteiger charge is -2.51. The highest BCUT2D eigenvalue weighted by Crippen LogP contribution is 2.65. The first-order valence-corrected chi connectivity index (χ1v) is 41.5. The van der Waals surface area contributed by atoms with E-state index in [0.29, 0.717) is 116 Å². The minimum atomic E-state index is -5.45. The number of nitrogens with zero attached hydrogens (tertiary/aromatic N) is 2. The molecule has 12 saturated carbocycles. The van der Waals surface area contributed by atoms with E-state index in [1.807, 2.05) is 0 Å². The SMILES string of the molecule is CC1CCC(C(=O)C2CCC(OC3CCC(C(C4CCC(OC5CCC(C(=O)C6CCC(C7CCC(C8CCC(c9nnc(C%10CCC(C)CC%10)o9)CC8)CC7C(=O)C7CCC(OC8CCC(OC9CCCCC9)CC8)CC7)CC6)CC5)CC4)(C(F)(F)F)C(F)(F)F)CC3)CC2)CC1. The number of Topliss-reactive ketones (excluding diaryl/α,β-unsaturated/α-hetero) is 3. The van der Waals surface area contributed by atoms with Crippen LogP contribution in [0.25, 0.3) is 0 Å². The quantitative estimate of drug-likeness (QED) is 0.116. The van der Waals surface area contributed by atoms with Gasteiger partial charge in [0.2, 0.25) is 11.8 Å². The van der Waals surface area contributed by atoms with Gasteiger partial charge in [-0.25, -0.2) is 0 Å². The third-order valence-corrected chi connectivity index (χ3v) is 29.6. The molecule has 0 amide bonds. The minimum Gasteiger partial charge on any atom is -0.425 e. The fourth-order valence-electron chi connectivity index (χ4n) is 23.6. The van der Waals surface area contributed by atoms with Crippen LogP contribution in [0.5, 0.6) is 0 Å². The van der Waals surface area contributed by atoms with Crippen molar-refractivity contribution in [1.82, 2.24) is 10.2 Å². The molecule has 1 aromatic heterocycles. The molecule has 0 bridgehead atoms. The number of rotatable bonds is 20. The number of ketones is 3. The number of halogens is 6. The summed E-state index contributed by atoms with van der Waals surface area (Å²) in [6.07, 6.45) is 29.6. The molecule has 1 aromatic rings. The molecule has 0 aromatic carbocycles. The second-order valence-electron chi connectivity index (χ2n) is 35.6. The Morgan fingerprint density at radius 2 is 0.622 bits per heavy atom. The van der Waals surface area contributed by atoms with Gasteiger partial charge < -0.3 is 23.4 Å². The summed E-state index contributed by atoms with van der Waals surface area (Å²) in [5, 5.41) is 9.23. The number of ether oxygens (including phenoxy) is 4. The summed E-state index contributed by atoms with van der Waals surface area (Å²) in [5.41, 5.74) is -3.78. The van der Waals surface area contributed by atoms with Crippen LogP contribution in [0.1, 0.15) is 346 Å². The molecule has 12 fully saturated rings. The van der Waals surface area contributed by atoms with E-state index in [4.69, 9.17) is 23.4 Å². The number of carbonyl (C=O) groups is 3. The van der Waals surface area contributed by atoms with Crippen LogP contribution in [0.4, 0.5) is 26.3 Å². The summed E-state index contributed by atoms with van der Waals surface area (Å²) in [4.78, 5) is 43.1. The Bertz CT molecular complexity index is 2620. The molecule has 13 rings (SSSR count). The molecule has 3 unspecified atom stereocenters. The predicted molar refractivity (Wildman–Crippen MR) is 366 cm³/mol. The molecule has 12 aliphatic rings. The highest BCUT2D eigenvalue weighted by Gasteiger charge is 2.76. The molecule has 0 N–H and O–H groups in total. The Hall–Kier alpha value is -2.43. The van der Waals surface area contributed by atoms with Gasteiger partial charge in [0.1, 0.15) is 17.3 Å². The molecular weight excluding hydrogens is 1250 g/mol. The maximum atomic E-state index is 15.5. The lowest BCUT2D eigenvalue weighted by Crippen LogP contribution is -2.61. The number of carbonyl (C=O) groups excluding carboxylic acids is 3. The van der Waals surface area contributed by atoms with Crippen molar-refractivity contribution in [2.75, 3.05) is 0 Å². The predicted octanol–water partition coefficient (Wildman–Crippen LogP) is 21.6. The van der Waals surface area contributed by atoms with E-state index in [1.165, 1.54) is 51.4 Å². The standard InChI is InChI=1S/C82H126F6N2O8/c1-51-8-12-55(13-9-51)75(91)57-24-35-66(36-25-57)95-69-41-31-63(32-42-69)80(81(83,84)85,82(86,87)88)64-33-43-70(44-34-64)96-67-37-26-58(27-38-67)76(92)56-20-18-54(19-21-56)73-49-30-62(53-16-22-61(23-17-53)79-90-89-78(98-79)60-14-10-52(2)11-15-60)50-74(73)77(93)59-28-39-68(40-29-59)97-72-47-45-71(46-48-72)94-65-6-4-3-5-7-65/h51-74H,3-50H2,1-2H3. The van der Waals surface area contributed by atoms with Gasteiger partial charge in [-0.2, -0.15) is 26.3 Å². The van der Waals surface area contributed by atoms with Crippen LogP contribution in [-0.2, 0) is 33.3 Å². The lowest BCUT2D eigenvalue weighted by molar-refractivity contribution is -0.383. The largest absolute Gasteiger partial charge is 0.425 e. The van der Waals surface area contributed by atoms with Crippen molar-refractivity contribution in [1.29, 1.82) is 0 Å². The van der Waals surface area contributed by atoms with Crippen molar-refractivity contribution in [3.63, 3.8) is 0 Å². The highest BCUT2D eigenvalue weighted by molar-refractivity contribution is 5.85. The number of hydrogen-bond donors (Lipinski definition) is 0. The van der Waals surface area contributed by atoms with E-state index in [2.05, 4.69) is 24.0 Å². The molecule has 3 atom stereocenters. The Morgan fingerprint density at radius 1 is 0.327 bits per heavy atom. The van der Waals surface area contributed by atoms with Gasteiger partial charge in [-0.05, 0) is 323 Å². The van der Waals surface area contributed by atoms with E-state index in [1.54, 1.807) is 0 Å². The third kappa shape index (κ3) is 17.6. The first-order chi connectivity index (χ1) is 47.3. The van der Waals surface area contributed by atoms with E-state index in [9.17, 15) is 9.59 Å². The van der Waals surface area contributed by atoms with Gasteiger partial charge in [-0.3, -0.25) is 14.4 Å². The zero-order chi connectivity index (χ0) is 68.1. The number of alkyl halides is 6. The second-order valence-corrected chi connectivity index (χ2v) is 35.6. The van der Waals surface area contributed by atoms with Gasteiger partial charge in [0.15, 0.2) is 5.41 Å². The van der Waals surface area contributed by atoms with Crippen molar-refractivity contribution >= 4 is 17.3 Å². The molecule has 0 saturated heterocycles. The number of aromatic nitrogens is 2. The van der Waals surface area contributed by atoms with Crippen molar-refractivity contribution in [2.45, 2.75) is 395 Å². The zero-order valence-electron chi connectivity index (χ0n) is 60.2. The van der Waals surface area contributed by atoms with Crippen LogP contribution < -0.4 is 0 Å². The molecule has 98 heavy (non-hydrogen) atoms. The van der Waals surface area contributed by atoms with Crippen LogP contribution >= 0.6 is 0 Å². The van der Waals surface area contributed by atoms with Crippen molar-refractivity contribution < 1.29 is 64.1 Å². The maximum absolute atomic E-state index is 15.5. The third-order valence-electron chi connectivity index (χ3n) is 29.6. The second kappa shape index (κ2) is 33.3. The molecular formula is C82H126F6N2O8. The smallest absolute Gasteiger partial charge is 0.403 e. The molecule has 1 heterocycles. The van der Waals surface area contributed by atoms with Gasteiger partial charge in [-0.1, -0.05) is 46.0 Å². The lowest BCUT2D eigenvalue weighted by atomic mass is 9.57. The fourth-order valence-corrected chi connectivity index (χ4v) is 23.6. The Labute approximate surface area is 584 Å². The summed E-state index contributed by atoms with van der Waals surface area (Å²) in [7, 11) is 0. The van der Waals surface area contributed by atoms with E-state index in [0.717, 1.165) is 185 Å². The Morgan fingerprint density at radius 3 is 1.01 bits per heavy atom. The van der Waals surface area contributed by atoms with Gasteiger partial charge in [-0.15, -0.1) is 10.2 Å². The highest BCUT2D eigenvalue weighted by atomic mass is 19.4. The van der Waals surface area contributed by atoms with Crippen LogP contribution in [0.3, 0.4) is 0 Å². The first-order valence-electron chi connectivity index (χ1n) is 41.5. The zero-order valence-corrected chi connectivity index (χ0v) is 60.2. The maximum Gasteiger partial charge on any atom is 0.403 e. The monoisotopic (exact) mass is 1380 g/mol. The van der Waals surface area contributed by atoms with Gasteiger partial charge in [0, 0.05) is 47.3 Å². The van der Waals surface area contributed by atoms with Gasteiger partial charge >= 0.3 is 12.4 Å². The normalized spacial score (nSPS) is 41.1. The minimum absolute atomic E-state index is 0.00335. The molecule has 16 heteroatoms. The van der Waals surface area contributed by atoms with Crippen LogP contribution in [0.2, 0.25) is 0 Å². The van der Waals surface area contributed by atoms with E-state index in [-0.39, 0.29) is 111 Å².